The minimum absolute atomic E-state index is 0.00299. The van der Waals surface area contributed by atoms with E-state index in [0.29, 0.717) is 28.1 Å². The summed E-state index contributed by atoms with van der Waals surface area (Å²) < 4.78 is 4.26. The van der Waals surface area contributed by atoms with Gasteiger partial charge in [0.05, 0.1) is 22.7 Å². The van der Waals surface area contributed by atoms with Crippen molar-refractivity contribution in [2.45, 2.75) is 13.8 Å². The van der Waals surface area contributed by atoms with Gasteiger partial charge in [0.1, 0.15) is 0 Å². The zero-order valence-corrected chi connectivity index (χ0v) is 15.8. The fraction of sp³-hybridized carbons (Fsp3) is 0.278. The first kappa shape index (κ1) is 18.9. The first-order chi connectivity index (χ1) is 13.0. The summed E-state index contributed by atoms with van der Waals surface area (Å²) in [7, 11) is 0. The highest BCUT2D eigenvalue weighted by Crippen LogP contribution is 2.35. The lowest BCUT2D eigenvalue weighted by Crippen LogP contribution is -2.26. The predicted molar refractivity (Wildman–Crippen MR) is 107 cm³/mol. The molecular formula is C18H19N5O3S. The Kier molecular flexibility index (Phi) is 5.72. The van der Waals surface area contributed by atoms with Gasteiger partial charge in [-0.15, -0.1) is 10.2 Å². The molecule has 0 aliphatic carbocycles. The maximum atomic E-state index is 11.0. The van der Waals surface area contributed by atoms with Gasteiger partial charge in [0.15, 0.2) is 5.00 Å². The molecule has 0 spiro atoms. The fourth-order valence-electron chi connectivity index (χ4n) is 2.74. The number of nitrogens with zero attached hydrogens (tertiary/aromatic N) is 5. The summed E-state index contributed by atoms with van der Waals surface area (Å²) in [4.78, 5) is 12.6. The number of non-ortho nitro benzene ring substituents is 1. The summed E-state index contributed by atoms with van der Waals surface area (Å²) in [5, 5.41) is 29.9. The van der Waals surface area contributed by atoms with Crippen molar-refractivity contribution in [2.24, 2.45) is 10.2 Å². The lowest BCUT2D eigenvalue weighted by atomic mass is 10.1. The van der Waals surface area contributed by atoms with Crippen LogP contribution in [0.25, 0.3) is 10.9 Å². The van der Waals surface area contributed by atoms with Crippen LogP contribution in [0.5, 0.6) is 0 Å². The SMILES string of the molecule is CCN(CCO)c1ccc(N=Nc2snc3ccc([N+](=O)[O-])cc23)c(C)c1. The largest absolute Gasteiger partial charge is 0.395 e. The van der Waals surface area contributed by atoms with Gasteiger partial charge in [0.2, 0.25) is 0 Å². The number of hydrogen-bond donors (Lipinski definition) is 1. The monoisotopic (exact) mass is 385 g/mol. The van der Waals surface area contributed by atoms with Crippen molar-refractivity contribution >= 4 is 44.5 Å². The summed E-state index contributed by atoms with van der Waals surface area (Å²) >= 11 is 1.16. The highest BCUT2D eigenvalue weighted by Gasteiger charge is 2.12. The molecule has 9 heteroatoms. The van der Waals surface area contributed by atoms with E-state index in [9.17, 15) is 10.1 Å². The molecule has 0 saturated heterocycles. The van der Waals surface area contributed by atoms with Crippen LogP contribution >= 0.6 is 11.5 Å². The summed E-state index contributed by atoms with van der Waals surface area (Å²) in [6.07, 6.45) is 0. The number of fused-ring (bicyclic) bond motifs is 1. The van der Waals surface area contributed by atoms with Crippen LogP contribution in [-0.2, 0) is 0 Å². The molecule has 0 saturated carbocycles. The Balaban J connectivity index is 1.89. The Morgan fingerprint density at radius 1 is 1.26 bits per heavy atom. The Bertz CT molecular complexity index is 1000. The minimum Gasteiger partial charge on any atom is -0.395 e. The first-order valence-electron chi connectivity index (χ1n) is 8.45. The van der Waals surface area contributed by atoms with Crippen molar-refractivity contribution < 1.29 is 10.0 Å². The maximum absolute atomic E-state index is 11.0. The van der Waals surface area contributed by atoms with Gasteiger partial charge in [0.25, 0.3) is 5.69 Å². The number of nitro groups is 1. The molecule has 3 aromatic rings. The molecule has 1 aromatic heterocycles. The lowest BCUT2D eigenvalue weighted by molar-refractivity contribution is -0.384. The molecular weight excluding hydrogens is 366 g/mol. The molecule has 0 amide bonds. The van der Waals surface area contributed by atoms with Crippen LogP contribution in [0.2, 0.25) is 0 Å². The number of likely N-dealkylation sites (N-methyl/N-ethyl adjacent to an activating group) is 1. The fourth-order valence-corrected chi connectivity index (χ4v) is 3.42. The van der Waals surface area contributed by atoms with Gasteiger partial charge in [-0.25, -0.2) is 0 Å². The lowest BCUT2D eigenvalue weighted by Gasteiger charge is -2.22. The number of aliphatic hydroxyl groups is 1. The van der Waals surface area contributed by atoms with E-state index < -0.39 is 4.92 Å². The average molecular weight is 385 g/mol. The Labute approximate surface area is 160 Å². The standard InChI is InChI=1S/C18H19N5O3S/c1-3-22(8-9-24)13-4-6-16(12(2)10-13)19-20-18-15-11-14(23(25)26)5-7-17(15)21-27-18/h4-7,10-11,24H,3,8-9H2,1-2H3. The molecule has 0 radical (unpaired) electrons. The van der Waals surface area contributed by atoms with Crippen LogP contribution in [0, 0.1) is 17.0 Å². The van der Waals surface area contributed by atoms with Crippen molar-refractivity contribution in [3.05, 3.63) is 52.1 Å². The van der Waals surface area contributed by atoms with Crippen LogP contribution in [0.4, 0.5) is 22.1 Å². The summed E-state index contributed by atoms with van der Waals surface area (Å²) in [6, 6.07) is 10.3. The Morgan fingerprint density at radius 2 is 2.07 bits per heavy atom. The van der Waals surface area contributed by atoms with E-state index in [1.165, 1.54) is 12.1 Å². The van der Waals surface area contributed by atoms with Crippen molar-refractivity contribution in [3.63, 3.8) is 0 Å². The zero-order chi connectivity index (χ0) is 19.4. The van der Waals surface area contributed by atoms with Gasteiger partial charge in [-0.05, 0) is 55.2 Å². The summed E-state index contributed by atoms with van der Waals surface area (Å²) in [5.41, 5.74) is 3.34. The van der Waals surface area contributed by atoms with E-state index >= 15 is 0 Å². The molecule has 2 aromatic carbocycles. The molecule has 0 bridgehead atoms. The second-order valence-electron chi connectivity index (χ2n) is 5.92. The third-order valence-corrected chi connectivity index (χ3v) is 4.96. The molecule has 27 heavy (non-hydrogen) atoms. The van der Waals surface area contributed by atoms with Gasteiger partial charge < -0.3 is 10.0 Å². The number of hydrogen-bond acceptors (Lipinski definition) is 8. The summed E-state index contributed by atoms with van der Waals surface area (Å²) in [5.74, 6) is 0. The highest BCUT2D eigenvalue weighted by molar-refractivity contribution is 7.11. The van der Waals surface area contributed by atoms with E-state index in [-0.39, 0.29) is 12.3 Å². The zero-order valence-electron chi connectivity index (χ0n) is 15.0. The first-order valence-corrected chi connectivity index (χ1v) is 9.23. The van der Waals surface area contributed by atoms with Crippen LogP contribution in [0.1, 0.15) is 12.5 Å². The number of nitro benzene ring substituents is 1. The van der Waals surface area contributed by atoms with Crippen molar-refractivity contribution in [1.82, 2.24) is 4.37 Å². The van der Waals surface area contributed by atoms with E-state index in [1.807, 2.05) is 32.0 Å². The molecule has 0 aliphatic rings. The number of rotatable bonds is 7. The van der Waals surface area contributed by atoms with Gasteiger partial charge in [-0.3, -0.25) is 10.1 Å². The molecule has 1 heterocycles. The molecule has 1 N–H and O–H groups in total. The number of aryl methyl sites for hydroxylation is 1. The quantitative estimate of drug-likeness (QED) is 0.359. The summed E-state index contributed by atoms with van der Waals surface area (Å²) in [6.45, 7) is 5.45. The number of aromatic nitrogens is 1. The van der Waals surface area contributed by atoms with Crippen LogP contribution < -0.4 is 4.90 Å². The van der Waals surface area contributed by atoms with Gasteiger partial charge in [-0.2, -0.15) is 4.37 Å². The normalized spacial score (nSPS) is 11.4. The highest BCUT2D eigenvalue weighted by atomic mass is 32.1. The third-order valence-electron chi connectivity index (χ3n) is 4.20. The van der Waals surface area contributed by atoms with Gasteiger partial charge >= 0.3 is 0 Å². The third kappa shape index (κ3) is 4.09. The van der Waals surface area contributed by atoms with Gasteiger partial charge in [0, 0.05) is 36.3 Å². The molecule has 140 valence electrons. The van der Waals surface area contributed by atoms with E-state index in [0.717, 1.165) is 29.3 Å². The molecule has 3 rings (SSSR count). The Morgan fingerprint density at radius 3 is 2.74 bits per heavy atom. The second kappa shape index (κ2) is 8.19. The van der Waals surface area contributed by atoms with Crippen molar-refractivity contribution in [3.8, 4) is 0 Å². The predicted octanol–water partition coefficient (Wildman–Crippen LogP) is 4.75. The number of benzene rings is 2. The molecule has 0 unspecified atom stereocenters. The van der Waals surface area contributed by atoms with E-state index in [2.05, 4.69) is 19.5 Å². The number of azo groups is 1. The topological polar surface area (TPSA) is 104 Å². The maximum Gasteiger partial charge on any atom is 0.270 e. The van der Waals surface area contributed by atoms with Crippen molar-refractivity contribution in [2.75, 3.05) is 24.6 Å². The molecule has 0 aliphatic heterocycles. The Hall–Kier alpha value is -2.91. The number of aliphatic hydroxyl groups excluding tert-OH is 1. The van der Waals surface area contributed by atoms with Crippen LogP contribution in [-0.4, -0.2) is 34.1 Å². The van der Waals surface area contributed by atoms with E-state index in [1.54, 1.807) is 6.07 Å². The van der Waals surface area contributed by atoms with E-state index in [4.69, 9.17) is 5.11 Å². The molecule has 0 atom stereocenters. The smallest absolute Gasteiger partial charge is 0.270 e. The van der Waals surface area contributed by atoms with Crippen LogP contribution in [0.15, 0.2) is 46.6 Å². The molecule has 8 nitrogen and oxygen atoms in total. The number of anilines is 1. The minimum atomic E-state index is -0.438. The van der Waals surface area contributed by atoms with Gasteiger partial charge in [-0.1, -0.05) is 0 Å². The second-order valence-corrected chi connectivity index (χ2v) is 6.67. The van der Waals surface area contributed by atoms with Crippen molar-refractivity contribution in [1.29, 1.82) is 0 Å². The van der Waals surface area contributed by atoms with Crippen LogP contribution in [0.3, 0.4) is 0 Å². The molecule has 0 fully saturated rings. The average Bonchev–Trinajstić information content (AvgIpc) is 3.07.